The third-order valence-corrected chi connectivity index (χ3v) is 4.57. The number of carboxylic acid groups (broad SMARTS) is 2. The van der Waals surface area contributed by atoms with E-state index in [1.165, 1.54) is 0 Å². The van der Waals surface area contributed by atoms with Crippen LogP contribution in [0.1, 0.15) is 25.7 Å². The zero-order chi connectivity index (χ0) is 18.8. The normalized spacial score (nSPS) is 29.2. The van der Waals surface area contributed by atoms with Gasteiger partial charge in [-0.15, -0.1) is 0 Å². The molecule has 0 bridgehead atoms. The lowest BCUT2D eigenvalue weighted by Gasteiger charge is -2.08. The molecule has 0 unspecified atom stereocenters. The van der Waals surface area contributed by atoms with Crippen LogP contribution in [0.3, 0.4) is 0 Å². The van der Waals surface area contributed by atoms with Gasteiger partial charge in [-0.2, -0.15) is 0 Å². The van der Waals surface area contributed by atoms with Gasteiger partial charge in [-0.25, -0.2) is 19.2 Å². The molecule has 0 aromatic rings. The lowest BCUT2D eigenvalue weighted by atomic mass is 10.2. The van der Waals surface area contributed by atoms with Crippen LogP contribution in [0.25, 0.3) is 0 Å². The van der Waals surface area contributed by atoms with Crippen molar-refractivity contribution in [2.75, 3.05) is 13.1 Å². The predicted octanol–water partition coefficient (Wildman–Crippen LogP) is 1.14. The molecule has 10 nitrogen and oxygen atoms in total. The van der Waals surface area contributed by atoms with Gasteiger partial charge in [0.25, 0.3) is 0 Å². The average Bonchev–Trinajstić information content (AvgIpc) is 3.28. The Bertz CT molecular complexity index is 653. The summed E-state index contributed by atoms with van der Waals surface area (Å²) in [6.07, 6.45) is 4.51. The van der Waals surface area contributed by atoms with E-state index in [1.807, 2.05) is 0 Å². The molecule has 4 rings (SSSR count). The van der Waals surface area contributed by atoms with Crippen molar-refractivity contribution in [1.29, 1.82) is 0 Å². The van der Waals surface area contributed by atoms with Crippen LogP contribution in [0.2, 0.25) is 0 Å². The summed E-state index contributed by atoms with van der Waals surface area (Å²) in [4.78, 5) is 46.1. The third-order valence-electron chi connectivity index (χ3n) is 4.57. The Kier molecular flexibility index (Phi) is 4.83. The van der Waals surface area contributed by atoms with Crippen molar-refractivity contribution in [2.24, 2.45) is 0 Å². The first-order valence-electron chi connectivity index (χ1n) is 8.22. The molecular formula is C16H18N2O8. The van der Waals surface area contributed by atoms with Crippen LogP contribution in [0.5, 0.6) is 0 Å². The third kappa shape index (κ3) is 3.48. The number of ether oxygens (including phenoxy) is 2. The number of hydrogen-bond acceptors (Lipinski definition) is 6. The first-order valence-corrected chi connectivity index (χ1v) is 8.22. The van der Waals surface area contributed by atoms with Crippen molar-refractivity contribution >= 4 is 24.1 Å². The number of amides is 2. The molecule has 2 amide bonds. The fourth-order valence-corrected chi connectivity index (χ4v) is 3.51. The van der Waals surface area contributed by atoms with E-state index in [0.717, 1.165) is 37.8 Å². The van der Waals surface area contributed by atoms with Crippen LogP contribution >= 0.6 is 0 Å². The van der Waals surface area contributed by atoms with Gasteiger partial charge in [0.15, 0.2) is 0 Å². The minimum Gasteiger partial charge on any atom is -0.478 e. The Morgan fingerprint density at radius 1 is 0.846 bits per heavy atom. The van der Waals surface area contributed by atoms with Crippen molar-refractivity contribution in [2.45, 2.75) is 37.8 Å². The van der Waals surface area contributed by atoms with Gasteiger partial charge in [0, 0.05) is 13.1 Å². The summed E-state index contributed by atoms with van der Waals surface area (Å²) in [5.41, 5.74) is 0. The van der Waals surface area contributed by atoms with E-state index in [0.29, 0.717) is 13.1 Å². The molecule has 10 heteroatoms. The molecule has 0 aliphatic carbocycles. The quantitative estimate of drug-likeness (QED) is 0.695. The number of cyclic esters (lactones) is 2. The zero-order valence-corrected chi connectivity index (χ0v) is 13.8. The Labute approximate surface area is 148 Å². The predicted molar refractivity (Wildman–Crippen MR) is 83.9 cm³/mol. The maximum Gasteiger partial charge on any atom is 0.415 e. The van der Waals surface area contributed by atoms with Crippen LogP contribution in [0.4, 0.5) is 9.59 Å². The van der Waals surface area contributed by atoms with Crippen LogP contribution in [0.15, 0.2) is 23.7 Å². The lowest BCUT2D eigenvalue weighted by Crippen LogP contribution is -2.26. The molecule has 0 saturated carbocycles. The molecule has 4 aliphatic heterocycles. The fourth-order valence-electron chi connectivity index (χ4n) is 3.51. The molecule has 140 valence electrons. The first kappa shape index (κ1) is 17.8. The number of carboxylic acids is 2. The Balaban J connectivity index is 0.000000151. The molecule has 2 atom stereocenters. The van der Waals surface area contributed by atoms with E-state index in [2.05, 4.69) is 0 Å². The van der Waals surface area contributed by atoms with Crippen LogP contribution in [-0.4, -0.2) is 69.3 Å². The molecule has 26 heavy (non-hydrogen) atoms. The molecule has 0 radical (unpaired) electrons. The highest BCUT2D eigenvalue weighted by atomic mass is 16.6. The van der Waals surface area contributed by atoms with E-state index >= 15 is 0 Å². The maximum absolute atomic E-state index is 11.1. The average molecular weight is 366 g/mol. The molecular weight excluding hydrogens is 348 g/mol. The standard InChI is InChI=1S/2C8H9NO4/c2*10-7(11)4-6-5-2-1-3-9(5)8(12)13-6/h2*4-5H,1-3H2,(H,10,11)/b2*6-4+/t2*5-/m11/s1. The van der Waals surface area contributed by atoms with Crippen molar-refractivity contribution < 1.29 is 38.9 Å². The van der Waals surface area contributed by atoms with Crippen LogP contribution < -0.4 is 0 Å². The monoisotopic (exact) mass is 366 g/mol. The number of nitrogens with zero attached hydrogens (tertiary/aromatic N) is 2. The van der Waals surface area contributed by atoms with Gasteiger partial charge in [-0.05, 0) is 25.7 Å². The highest BCUT2D eigenvalue weighted by Crippen LogP contribution is 2.32. The summed E-state index contributed by atoms with van der Waals surface area (Å²) in [5.74, 6) is -1.60. The summed E-state index contributed by atoms with van der Waals surface area (Å²) >= 11 is 0. The number of fused-ring (bicyclic) bond motifs is 2. The molecule has 4 saturated heterocycles. The molecule has 4 heterocycles. The van der Waals surface area contributed by atoms with Gasteiger partial charge in [-0.3, -0.25) is 9.80 Å². The lowest BCUT2D eigenvalue weighted by molar-refractivity contribution is -0.132. The second kappa shape index (κ2) is 7.06. The number of rotatable bonds is 2. The minimum absolute atomic E-state index is 0.136. The Hall–Kier alpha value is -3.04. The second-order valence-electron chi connectivity index (χ2n) is 6.21. The van der Waals surface area contributed by atoms with E-state index in [-0.39, 0.29) is 23.6 Å². The topological polar surface area (TPSA) is 134 Å². The van der Waals surface area contributed by atoms with E-state index in [9.17, 15) is 19.2 Å². The second-order valence-corrected chi connectivity index (χ2v) is 6.21. The molecule has 0 aromatic carbocycles. The van der Waals surface area contributed by atoms with Gasteiger partial charge in [-0.1, -0.05) is 0 Å². The van der Waals surface area contributed by atoms with Gasteiger partial charge in [0.05, 0.1) is 24.2 Å². The maximum atomic E-state index is 11.1. The summed E-state index contributed by atoms with van der Waals surface area (Å²) in [7, 11) is 0. The fraction of sp³-hybridized carbons (Fsp3) is 0.500. The van der Waals surface area contributed by atoms with E-state index in [4.69, 9.17) is 19.7 Å². The SMILES string of the molecule is O=C(O)/C=C1/OC(=O)N2CCC[C@H]12.O=C(O)/C=C1/OC(=O)N2CCC[C@H]12. The summed E-state index contributed by atoms with van der Waals surface area (Å²) < 4.78 is 9.61. The first-order chi connectivity index (χ1) is 12.4. The van der Waals surface area contributed by atoms with Crippen molar-refractivity contribution in [3.8, 4) is 0 Å². The number of hydrogen-bond donors (Lipinski definition) is 2. The highest BCUT2D eigenvalue weighted by molar-refractivity contribution is 5.84. The van der Waals surface area contributed by atoms with Gasteiger partial charge in [0.1, 0.15) is 11.5 Å². The largest absolute Gasteiger partial charge is 0.478 e. The molecule has 0 spiro atoms. The molecule has 4 fully saturated rings. The van der Waals surface area contributed by atoms with Crippen molar-refractivity contribution in [3.05, 3.63) is 23.7 Å². The molecule has 0 aromatic heterocycles. The Morgan fingerprint density at radius 3 is 1.58 bits per heavy atom. The number of carbonyl (C=O) groups excluding carboxylic acids is 2. The molecule has 2 N–H and O–H groups in total. The number of aliphatic carboxylic acids is 2. The summed E-state index contributed by atoms with van der Waals surface area (Å²) in [5, 5.41) is 17.0. The summed E-state index contributed by atoms with van der Waals surface area (Å²) in [6.45, 7) is 1.33. The van der Waals surface area contributed by atoms with Crippen LogP contribution in [0, 0.1) is 0 Å². The zero-order valence-electron chi connectivity index (χ0n) is 13.8. The van der Waals surface area contributed by atoms with E-state index < -0.39 is 24.1 Å². The smallest absolute Gasteiger partial charge is 0.415 e. The highest BCUT2D eigenvalue weighted by Gasteiger charge is 2.42. The summed E-state index contributed by atoms with van der Waals surface area (Å²) in [6, 6.07) is -0.271. The number of carbonyl (C=O) groups is 4. The van der Waals surface area contributed by atoms with Crippen molar-refractivity contribution in [3.63, 3.8) is 0 Å². The van der Waals surface area contributed by atoms with Crippen molar-refractivity contribution in [1.82, 2.24) is 9.80 Å². The van der Waals surface area contributed by atoms with Crippen LogP contribution in [-0.2, 0) is 19.1 Å². The van der Waals surface area contributed by atoms with Gasteiger partial charge < -0.3 is 19.7 Å². The van der Waals surface area contributed by atoms with E-state index in [1.54, 1.807) is 9.80 Å². The Morgan fingerprint density at radius 2 is 1.23 bits per heavy atom. The minimum atomic E-state index is -1.07. The molecule has 4 aliphatic rings. The van der Waals surface area contributed by atoms with Gasteiger partial charge in [0.2, 0.25) is 0 Å². The van der Waals surface area contributed by atoms with Gasteiger partial charge >= 0.3 is 24.1 Å².